The molecule has 2 rings (SSSR count). The monoisotopic (exact) mass is 461 g/mol. The lowest BCUT2D eigenvalue weighted by molar-refractivity contribution is -0.384. The second kappa shape index (κ2) is 8.25. The zero-order chi connectivity index (χ0) is 21.1. The van der Waals surface area contributed by atoms with E-state index in [2.05, 4.69) is 15.9 Å². The molecule has 12 heteroatoms. The van der Waals surface area contributed by atoms with Crippen LogP contribution in [0.1, 0.15) is 15.9 Å². The van der Waals surface area contributed by atoms with Crippen molar-refractivity contribution in [3.05, 3.63) is 62.1 Å². The van der Waals surface area contributed by atoms with Crippen LogP contribution in [0.2, 0.25) is 0 Å². The zero-order valence-corrected chi connectivity index (χ0v) is 15.3. The van der Waals surface area contributed by atoms with Crippen LogP contribution in [0.25, 0.3) is 0 Å². The Labute approximate surface area is 163 Å². The predicted octanol–water partition coefficient (Wildman–Crippen LogP) is 3.75. The molecule has 0 atom stereocenters. The Hall–Kier alpha value is -3.15. The van der Waals surface area contributed by atoms with E-state index in [4.69, 9.17) is 10.5 Å². The highest BCUT2D eigenvalue weighted by molar-refractivity contribution is 9.10. The highest BCUT2D eigenvalue weighted by Crippen LogP contribution is 2.34. The predicted molar refractivity (Wildman–Crippen MR) is 95.6 cm³/mol. The van der Waals surface area contributed by atoms with Crippen LogP contribution in [0.3, 0.4) is 0 Å². The van der Waals surface area contributed by atoms with Gasteiger partial charge in [-0.1, -0.05) is 15.9 Å². The Morgan fingerprint density at radius 3 is 2.50 bits per heavy atom. The normalized spacial score (nSPS) is 11.0. The maximum Gasteiger partial charge on any atom is 0.416 e. The molecule has 0 aromatic heterocycles. The van der Waals surface area contributed by atoms with Gasteiger partial charge >= 0.3 is 12.1 Å². The molecule has 148 valence electrons. The van der Waals surface area contributed by atoms with E-state index >= 15 is 0 Å². The fraction of sp³-hybridized carbons (Fsp3) is 0.125. The van der Waals surface area contributed by atoms with Gasteiger partial charge in [0.1, 0.15) is 5.69 Å². The lowest BCUT2D eigenvalue weighted by Crippen LogP contribution is -2.22. The number of nitro benzene ring substituents is 1. The first-order chi connectivity index (χ1) is 13.0. The first-order valence-corrected chi connectivity index (χ1v) is 8.16. The summed E-state index contributed by atoms with van der Waals surface area (Å²) in [5.41, 5.74) is 3.06. The number of esters is 1. The number of carbonyl (C=O) groups excluding carboxylic acids is 2. The van der Waals surface area contributed by atoms with Gasteiger partial charge in [-0.25, -0.2) is 4.79 Å². The van der Waals surface area contributed by atoms with Crippen LogP contribution in [0.4, 0.5) is 30.2 Å². The van der Waals surface area contributed by atoms with Crippen molar-refractivity contribution < 1.29 is 32.4 Å². The summed E-state index contributed by atoms with van der Waals surface area (Å²) in [4.78, 5) is 33.8. The third-order valence-corrected chi connectivity index (χ3v) is 3.86. The minimum atomic E-state index is -4.79. The van der Waals surface area contributed by atoms with Crippen LogP contribution in [0.15, 0.2) is 40.9 Å². The lowest BCUT2D eigenvalue weighted by atomic mass is 10.1. The smallest absolute Gasteiger partial charge is 0.416 e. The number of nitrogen functional groups attached to an aromatic ring is 1. The highest BCUT2D eigenvalue weighted by Gasteiger charge is 2.33. The van der Waals surface area contributed by atoms with Crippen LogP contribution < -0.4 is 11.1 Å². The average molecular weight is 462 g/mol. The number of nitrogens with zero attached hydrogens (tertiary/aromatic N) is 1. The molecule has 0 unspecified atom stereocenters. The molecule has 3 N–H and O–H groups in total. The molecule has 8 nitrogen and oxygen atoms in total. The number of benzene rings is 2. The van der Waals surface area contributed by atoms with Gasteiger partial charge in [-0.05, 0) is 30.3 Å². The van der Waals surface area contributed by atoms with Crippen LogP contribution in [-0.2, 0) is 15.7 Å². The Balaban J connectivity index is 2.09. The molecule has 1 amide bonds. The van der Waals surface area contributed by atoms with Crippen molar-refractivity contribution in [3.63, 3.8) is 0 Å². The Bertz CT molecular complexity index is 950. The molecule has 0 fully saturated rings. The van der Waals surface area contributed by atoms with E-state index < -0.39 is 46.5 Å². The minimum absolute atomic E-state index is 0.0114. The Morgan fingerprint density at radius 2 is 1.89 bits per heavy atom. The summed E-state index contributed by atoms with van der Waals surface area (Å²) in [6, 6.07) is 6.01. The van der Waals surface area contributed by atoms with E-state index in [1.54, 1.807) is 6.07 Å². The molecule has 0 saturated carbocycles. The summed E-state index contributed by atoms with van der Waals surface area (Å²) in [6.45, 7) is -0.830. The van der Waals surface area contributed by atoms with Crippen molar-refractivity contribution in [3.8, 4) is 0 Å². The number of nitro groups is 1. The van der Waals surface area contributed by atoms with Crippen LogP contribution >= 0.6 is 15.9 Å². The van der Waals surface area contributed by atoms with Gasteiger partial charge in [0, 0.05) is 16.2 Å². The Morgan fingerprint density at radius 1 is 1.21 bits per heavy atom. The number of halogens is 4. The summed E-state index contributed by atoms with van der Waals surface area (Å²) >= 11 is 3.14. The van der Waals surface area contributed by atoms with E-state index in [0.717, 1.165) is 6.07 Å². The summed E-state index contributed by atoms with van der Waals surface area (Å²) in [6.07, 6.45) is -4.79. The van der Waals surface area contributed by atoms with E-state index in [1.165, 1.54) is 12.1 Å². The third kappa shape index (κ3) is 5.19. The van der Waals surface area contributed by atoms with Gasteiger partial charge in [0.25, 0.3) is 11.6 Å². The van der Waals surface area contributed by atoms with Crippen molar-refractivity contribution in [2.75, 3.05) is 17.7 Å². The van der Waals surface area contributed by atoms with Gasteiger partial charge < -0.3 is 15.8 Å². The van der Waals surface area contributed by atoms with Crippen LogP contribution in [-0.4, -0.2) is 23.4 Å². The molecule has 0 bridgehead atoms. The molecule has 2 aromatic carbocycles. The van der Waals surface area contributed by atoms with Gasteiger partial charge in [-0.15, -0.1) is 0 Å². The van der Waals surface area contributed by atoms with Crippen LogP contribution in [0, 0.1) is 10.1 Å². The van der Waals surface area contributed by atoms with E-state index in [9.17, 15) is 32.9 Å². The lowest BCUT2D eigenvalue weighted by Gasteiger charge is -2.10. The number of carbonyl (C=O) groups is 2. The number of nitrogens with one attached hydrogen (secondary N) is 1. The zero-order valence-electron chi connectivity index (χ0n) is 13.7. The molecule has 0 heterocycles. The third-order valence-electron chi connectivity index (χ3n) is 3.37. The topological polar surface area (TPSA) is 125 Å². The number of amides is 1. The van der Waals surface area contributed by atoms with E-state index in [-0.39, 0.29) is 11.3 Å². The number of hydrogen-bond acceptors (Lipinski definition) is 6. The Kier molecular flexibility index (Phi) is 6.23. The number of ether oxygens (including phenoxy) is 1. The highest BCUT2D eigenvalue weighted by atomic mass is 79.9. The van der Waals surface area contributed by atoms with Gasteiger partial charge in [0.15, 0.2) is 6.61 Å². The maximum atomic E-state index is 12.7. The van der Waals surface area contributed by atoms with Crippen molar-refractivity contribution in [2.24, 2.45) is 0 Å². The molecular formula is C16H11BrF3N3O5. The fourth-order valence-corrected chi connectivity index (χ4v) is 2.43. The molecule has 0 aliphatic rings. The standard InChI is InChI=1S/C16H11BrF3N3O5/c17-9-2-3-11(21)10(6-9)15(25)28-7-14(24)22-12-4-1-8(16(18,19)20)5-13(12)23(26)27/h1-6H,7,21H2,(H,22,24). The van der Waals surface area contributed by atoms with Gasteiger partial charge in [0.05, 0.1) is 16.1 Å². The van der Waals surface area contributed by atoms with Crippen molar-refractivity contribution in [2.45, 2.75) is 6.18 Å². The summed E-state index contributed by atoms with van der Waals surface area (Å²) in [7, 11) is 0. The second-order valence-electron chi connectivity index (χ2n) is 5.34. The van der Waals surface area contributed by atoms with Gasteiger partial charge in [0.2, 0.25) is 0 Å². The van der Waals surface area contributed by atoms with Gasteiger partial charge in [-0.2, -0.15) is 13.2 Å². The number of hydrogen-bond donors (Lipinski definition) is 2. The minimum Gasteiger partial charge on any atom is -0.452 e. The molecule has 2 aromatic rings. The van der Waals surface area contributed by atoms with E-state index in [1.807, 2.05) is 5.32 Å². The first-order valence-electron chi connectivity index (χ1n) is 7.36. The average Bonchev–Trinajstić information content (AvgIpc) is 2.60. The summed E-state index contributed by atoms with van der Waals surface area (Å²) in [5, 5.41) is 13.0. The number of alkyl halides is 3. The molecule has 0 saturated heterocycles. The summed E-state index contributed by atoms with van der Waals surface area (Å²) in [5.74, 6) is -1.90. The summed E-state index contributed by atoms with van der Waals surface area (Å²) < 4.78 is 43.3. The second-order valence-corrected chi connectivity index (χ2v) is 6.26. The molecular weight excluding hydrogens is 451 g/mol. The SMILES string of the molecule is Nc1ccc(Br)cc1C(=O)OCC(=O)Nc1ccc(C(F)(F)F)cc1[N+](=O)[O-]. The molecule has 0 aliphatic heterocycles. The van der Waals surface area contributed by atoms with Crippen LogP contribution in [0.5, 0.6) is 0 Å². The maximum absolute atomic E-state index is 12.7. The number of nitrogens with two attached hydrogens (primary N) is 1. The van der Waals surface area contributed by atoms with E-state index in [0.29, 0.717) is 16.6 Å². The fourth-order valence-electron chi connectivity index (χ4n) is 2.07. The molecule has 28 heavy (non-hydrogen) atoms. The number of anilines is 2. The molecule has 0 spiro atoms. The van der Waals surface area contributed by atoms with Crippen molar-refractivity contribution in [1.29, 1.82) is 0 Å². The van der Waals surface area contributed by atoms with Crippen molar-refractivity contribution >= 4 is 44.9 Å². The molecule has 0 radical (unpaired) electrons. The molecule has 0 aliphatic carbocycles. The first kappa shape index (κ1) is 21.2. The van der Waals surface area contributed by atoms with Crippen molar-refractivity contribution in [1.82, 2.24) is 0 Å². The van der Waals surface area contributed by atoms with Gasteiger partial charge in [-0.3, -0.25) is 14.9 Å². The largest absolute Gasteiger partial charge is 0.452 e. The quantitative estimate of drug-likeness (QED) is 0.302. The number of rotatable bonds is 5.